The zero-order valence-electron chi connectivity index (χ0n) is 25.1. The molecule has 2 aromatic heterocycles. The van der Waals surface area contributed by atoms with E-state index in [0.29, 0.717) is 48.9 Å². The normalized spacial score (nSPS) is 12.1. The molecular formula is C30H40N8O4. The summed E-state index contributed by atoms with van der Waals surface area (Å²) in [7, 11) is 9.30. The molecule has 0 saturated heterocycles. The van der Waals surface area contributed by atoms with E-state index >= 15 is 0 Å². The zero-order valence-corrected chi connectivity index (χ0v) is 25.1. The molecule has 42 heavy (non-hydrogen) atoms. The zero-order chi connectivity index (χ0) is 30.4. The number of anilines is 3. The van der Waals surface area contributed by atoms with Gasteiger partial charge in [0.15, 0.2) is 0 Å². The minimum Gasteiger partial charge on any atom is -0.494 e. The van der Waals surface area contributed by atoms with Crippen LogP contribution in [-0.2, 0) is 13.6 Å². The van der Waals surface area contributed by atoms with E-state index in [-0.39, 0.29) is 17.7 Å². The van der Waals surface area contributed by atoms with Crippen molar-refractivity contribution in [2.45, 2.75) is 26.0 Å². The number of hydrogen-bond donors (Lipinski definition) is 3. The van der Waals surface area contributed by atoms with Crippen LogP contribution in [0.1, 0.15) is 19.0 Å². The second-order valence-electron chi connectivity index (χ2n) is 10.6. The van der Waals surface area contributed by atoms with Crippen molar-refractivity contribution in [1.29, 1.82) is 0 Å². The van der Waals surface area contributed by atoms with E-state index in [4.69, 9.17) is 9.72 Å². The highest BCUT2D eigenvalue weighted by molar-refractivity contribution is 5.97. The molecule has 224 valence electrons. The lowest BCUT2D eigenvalue weighted by Crippen LogP contribution is -2.28. The molecule has 0 spiro atoms. The summed E-state index contributed by atoms with van der Waals surface area (Å²) < 4.78 is 7.77. The van der Waals surface area contributed by atoms with Crippen molar-refractivity contribution in [3.8, 4) is 17.0 Å². The van der Waals surface area contributed by atoms with Gasteiger partial charge in [0.1, 0.15) is 11.4 Å². The summed E-state index contributed by atoms with van der Waals surface area (Å²) in [4.78, 5) is 24.8. The van der Waals surface area contributed by atoms with Crippen molar-refractivity contribution in [3.63, 3.8) is 0 Å². The Labute approximate surface area is 246 Å². The van der Waals surface area contributed by atoms with Gasteiger partial charge in [0.2, 0.25) is 5.95 Å². The molecule has 0 aliphatic heterocycles. The van der Waals surface area contributed by atoms with Crippen LogP contribution >= 0.6 is 0 Å². The second-order valence-corrected chi connectivity index (χ2v) is 10.6. The number of ether oxygens (including phenoxy) is 1. The maximum absolute atomic E-state index is 12.1. The Morgan fingerprint density at radius 3 is 2.62 bits per heavy atom. The summed E-state index contributed by atoms with van der Waals surface area (Å²) >= 11 is 0. The van der Waals surface area contributed by atoms with E-state index in [1.165, 1.54) is 13.2 Å². The van der Waals surface area contributed by atoms with Crippen molar-refractivity contribution in [2.24, 2.45) is 7.05 Å². The molecule has 1 atom stereocenters. The summed E-state index contributed by atoms with van der Waals surface area (Å²) in [5.41, 5.74) is 4.61. The van der Waals surface area contributed by atoms with Crippen LogP contribution in [0, 0.1) is 10.1 Å². The summed E-state index contributed by atoms with van der Waals surface area (Å²) in [6.45, 7) is 4.38. The molecule has 0 aliphatic carbocycles. The number of methoxy groups -OCH3 is 1. The van der Waals surface area contributed by atoms with Crippen LogP contribution in [0.25, 0.3) is 22.2 Å². The molecule has 0 radical (unpaired) electrons. The largest absolute Gasteiger partial charge is 0.494 e. The molecule has 2 aromatic carbocycles. The molecule has 3 N–H and O–H groups in total. The molecule has 0 bridgehead atoms. The number of para-hydroxylation sites is 1. The molecule has 1 unspecified atom stereocenters. The van der Waals surface area contributed by atoms with E-state index in [1.54, 1.807) is 19.2 Å². The van der Waals surface area contributed by atoms with Gasteiger partial charge in [0.05, 0.1) is 29.5 Å². The van der Waals surface area contributed by atoms with Gasteiger partial charge in [-0.25, -0.2) is 9.97 Å². The lowest BCUT2D eigenvalue weighted by molar-refractivity contribution is -0.384. The number of aliphatic hydroxyl groups excluding tert-OH is 1. The minimum absolute atomic E-state index is 0.0460. The van der Waals surface area contributed by atoms with Crippen LogP contribution in [0.15, 0.2) is 48.7 Å². The lowest BCUT2D eigenvalue weighted by Gasteiger charge is -2.22. The standard InChI is InChI=1S/C30H40N8O4/c1-20(39)11-13-31-19-27-29(21-9-7-8-10-24(21)37(27)5)22-12-14-32-30(33-22)34-23-17-26(38(40)41)25(18-28(23)42-6)36(4)16-15-35(2)3/h7-10,12,14,17-18,20,31,39H,11,13,15-16,19H2,1-6H3,(H,32,33,34). The fraction of sp³-hybridized carbons (Fsp3) is 0.400. The van der Waals surface area contributed by atoms with Crippen molar-refractivity contribution >= 4 is 33.9 Å². The molecule has 0 saturated carbocycles. The molecule has 12 nitrogen and oxygen atoms in total. The van der Waals surface area contributed by atoms with Gasteiger partial charge in [-0.3, -0.25) is 10.1 Å². The third kappa shape index (κ3) is 6.96. The summed E-state index contributed by atoms with van der Waals surface area (Å²) in [6, 6.07) is 13.1. The number of nitrogens with one attached hydrogen (secondary N) is 2. The molecule has 12 heteroatoms. The molecule has 4 aromatic rings. The van der Waals surface area contributed by atoms with Crippen LogP contribution in [0.5, 0.6) is 5.75 Å². The topological polar surface area (TPSA) is 134 Å². The second kappa shape index (κ2) is 13.6. The first-order valence-corrected chi connectivity index (χ1v) is 13.9. The molecule has 0 fully saturated rings. The van der Waals surface area contributed by atoms with E-state index in [2.05, 4.69) is 32.3 Å². The Kier molecular flexibility index (Phi) is 9.94. The number of nitrogens with zero attached hydrogens (tertiary/aromatic N) is 6. The van der Waals surface area contributed by atoms with Gasteiger partial charge >= 0.3 is 0 Å². The molecule has 0 amide bonds. The van der Waals surface area contributed by atoms with Gasteiger partial charge in [0, 0.05) is 74.2 Å². The fourth-order valence-electron chi connectivity index (χ4n) is 4.88. The highest BCUT2D eigenvalue weighted by Crippen LogP contribution is 2.39. The Morgan fingerprint density at radius 2 is 1.93 bits per heavy atom. The number of fused-ring (bicyclic) bond motifs is 1. The maximum atomic E-state index is 12.1. The van der Waals surface area contributed by atoms with Gasteiger partial charge in [-0.05, 0) is 46.1 Å². The highest BCUT2D eigenvalue weighted by atomic mass is 16.6. The van der Waals surface area contributed by atoms with Crippen molar-refractivity contribution in [2.75, 3.05) is 58.1 Å². The third-order valence-corrected chi connectivity index (χ3v) is 7.20. The number of likely N-dealkylation sites (N-methyl/N-ethyl adjacent to an activating group) is 2. The third-order valence-electron chi connectivity index (χ3n) is 7.20. The number of nitro groups is 1. The number of aliphatic hydroxyl groups is 1. The van der Waals surface area contributed by atoms with Crippen molar-refractivity contribution in [1.82, 2.24) is 24.8 Å². The van der Waals surface area contributed by atoms with Crippen LogP contribution < -0.4 is 20.3 Å². The smallest absolute Gasteiger partial charge is 0.294 e. The van der Waals surface area contributed by atoms with Gasteiger partial charge in [-0.1, -0.05) is 18.2 Å². The highest BCUT2D eigenvalue weighted by Gasteiger charge is 2.23. The Hall–Kier alpha value is -4.26. The fourth-order valence-corrected chi connectivity index (χ4v) is 4.88. The predicted molar refractivity (Wildman–Crippen MR) is 167 cm³/mol. The molecule has 2 heterocycles. The number of benzene rings is 2. The maximum Gasteiger partial charge on any atom is 0.294 e. The number of aryl methyl sites for hydroxylation is 1. The SMILES string of the molecule is COc1cc(N(C)CCN(C)C)c([N+](=O)[O-])cc1Nc1nccc(-c2c(CNCCC(C)O)n(C)c3ccccc23)n1. The Bertz CT molecular complexity index is 1540. The number of rotatable bonds is 14. The number of nitro benzene ring substituents is 1. The van der Waals surface area contributed by atoms with Crippen LogP contribution in [0.2, 0.25) is 0 Å². The number of hydrogen-bond acceptors (Lipinski definition) is 10. The lowest BCUT2D eigenvalue weighted by atomic mass is 10.1. The molecule has 0 aliphatic rings. The summed E-state index contributed by atoms with van der Waals surface area (Å²) in [5.74, 6) is 0.726. The van der Waals surface area contributed by atoms with E-state index in [0.717, 1.165) is 28.7 Å². The monoisotopic (exact) mass is 576 g/mol. The number of aromatic nitrogens is 3. The quantitative estimate of drug-likeness (QED) is 0.114. The Balaban J connectivity index is 1.70. The predicted octanol–water partition coefficient (Wildman–Crippen LogP) is 4.15. The Morgan fingerprint density at radius 1 is 1.17 bits per heavy atom. The first-order valence-electron chi connectivity index (χ1n) is 13.9. The van der Waals surface area contributed by atoms with Crippen molar-refractivity contribution < 1.29 is 14.8 Å². The van der Waals surface area contributed by atoms with Crippen LogP contribution in [0.4, 0.5) is 23.0 Å². The van der Waals surface area contributed by atoms with Crippen molar-refractivity contribution in [3.05, 3.63) is 64.5 Å². The average molecular weight is 577 g/mol. The summed E-state index contributed by atoms with van der Waals surface area (Å²) in [6.07, 6.45) is 1.95. The van der Waals surface area contributed by atoms with E-state index in [9.17, 15) is 15.2 Å². The van der Waals surface area contributed by atoms with E-state index in [1.807, 2.05) is 56.2 Å². The molecular weight excluding hydrogens is 536 g/mol. The minimum atomic E-state index is -0.393. The van der Waals surface area contributed by atoms with Gasteiger partial charge in [-0.2, -0.15) is 0 Å². The summed E-state index contributed by atoms with van der Waals surface area (Å²) in [5, 5.41) is 29.4. The average Bonchev–Trinajstić information content (AvgIpc) is 3.25. The van der Waals surface area contributed by atoms with Gasteiger partial charge < -0.3 is 34.8 Å². The van der Waals surface area contributed by atoms with Crippen LogP contribution in [0.3, 0.4) is 0 Å². The van der Waals surface area contributed by atoms with Gasteiger partial charge in [0.25, 0.3) is 5.69 Å². The van der Waals surface area contributed by atoms with E-state index < -0.39 is 4.92 Å². The molecule has 4 rings (SSSR count). The van der Waals surface area contributed by atoms with Gasteiger partial charge in [-0.15, -0.1) is 0 Å². The van der Waals surface area contributed by atoms with Crippen LogP contribution in [-0.4, -0.2) is 83.5 Å². The first kappa shape index (κ1) is 30.7. The first-order chi connectivity index (χ1) is 20.1.